The highest BCUT2D eigenvalue weighted by Crippen LogP contribution is 2.29. The molecule has 0 radical (unpaired) electrons. The molecule has 2 aromatic rings. The van der Waals surface area contributed by atoms with Gasteiger partial charge in [-0.05, 0) is 18.1 Å². The molecule has 2 aromatic heterocycles. The van der Waals surface area contributed by atoms with Crippen molar-refractivity contribution in [2.45, 2.75) is 39.4 Å². The second-order valence-electron chi connectivity index (χ2n) is 4.57. The summed E-state index contributed by atoms with van der Waals surface area (Å²) in [6, 6.07) is 1.66. The van der Waals surface area contributed by atoms with Gasteiger partial charge in [0, 0.05) is 11.8 Å². The average Bonchev–Trinajstić information content (AvgIpc) is 3.10. The molecule has 0 aromatic carbocycles. The first-order chi connectivity index (χ1) is 10.3. The maximum absolute atomic E-state index is 12.4. The van der Waals surface area contributed by atoms with E-state index >= 15 is 0 Å². The van der Waals surface area contributed by atoms with Crippen LogP contribution in [0, 0.1) is 0 Å². The SMILES string of the molecule is CCc1cc(C(=O)NCc2nc(C(F)(F)F)cs2)oc1CC. The second-order valence-corrected chi connectivity index (χ2v) is 5.52. The fourth-order valence-corrected chi connectivity index (χ4v) is 2.68. The summed E-state index contributed by atoms with van der Waals surface area (Å²) in [5.74, 6) is 0.459. The molecule has 0 aliphatic carbocycles. The highest BCUT2D eigenvalue weighted by Gasteiger charge is 2.33. The fourth-order valence-electron chi connectivity index (χ4n) is 1.94. The molecule has 0 saturated carbocycles. The number of alkyl halides is 3. The van der Waals surface area contributed by atoms with Crippen LogP contribution in [0.3, 0.4) is 0 Å². The minimum Gasteiger partial charge on any atom is -0.456 e. The van der Waals surface area contributed by atoms with Crippen molar-refractivity contribution in [3.63, 3.8) is 0 Å². The monoisotopic (exact) mass is 332 g/mol. The zero-order valence-electron chi connectivity index (χ0n) is 12.1. The van der Waals surface area contributed by atoms with Gasteiger partial charge in [0.15, 0.2) is 11.5 Å². The molecule has 0 saturated heterocycles. The predicted octanol–water partition coefficient (Wildman–Crippen LogP) is 3.81. The lowest BCUT2D eigenvalue weighted by molar-refractivity contribution is -0.140. The van der Waals surface area contributed by atoms with E-state index in [1.54, 1.807) is 6.07 Å². The molecule has 0 spiro atoms. The van der Waals surface area contributed by atoms with Gasteiger partial charge in [0.25, 0.3) is 5.91 Å². The van der Waals surface area contributed by atoms with Crippen LogP contribution in [-0.2, 0) is 25.6 Å². The minimum atomic E-state index is -4.47. The van der Waals surface area contributed by atoms with Crippen molar-refractivity contribution in [2.75, 3.05) is 0 Å². The lowest BCUT2D eigenvalue weighted by Crippen LogP contribution is -2.22. The predicted molar refractivity (Wildman–Crippen MR) is 75.8 cm³/mol. The molecular weight excluding hydrogens is 317 g/mol. The van der Waals surface area contributed by atoms with Crippen LogP contribution in [0.25, 0.3) is 0 Å². The number of hydrogen-bond donors (Lipinski definition) is 1. The van der Waals surface area contributed by atoms with E-state index in [1.807, 2.05) is 13.8 Å². The summed E-state index contributed by atoms with van der Waals surface area (Å²) >= 11 is 0.855. The van der Waals surface area contributed by atoms with Crippen LogP contribution in [-0.4, -0.2) is 10.9 Å². The Morgan fingerprint density at radius 1 is 1.36 bits per heavy atom. The van der Waals surface area contributed by atoms with Crippen LogP contribution in [0.5, 0.6) is 0 Å². The fraction of sp³-hybridized carbons (Fsp3) is 0.429. The van der Waals surface area contributed by atoms with Crippen LogP contribution in [0.2, 0.25) is 0 Å². The van der Waals surface area contributed by atoms with Crippen molar-refractivity contribution < 1.29 is 22.4 Å². The number of hydrogen-bond acceptors (Lipinski definition) is 4. The number of carbonyl (C=O) groups excluding carboxylic acids is 1. The number of thiazole rings is 1. The van der Waals surface area contributed by atoms with E-state index < -0.39 is 17.8 Å². The van der Waals surface area contributed by atoms with E-state index in [1.165, 1.54) is 0 Å². The maximum atomic E-state index is 12.4. The number of furan rings is 1. The number of halogens is 3. The van der Waals surface area contributed by atoms with E-state index in [2.05, 4.69) is 10.3 Å². The molecule has 2 rings (SSSR count). The quantitative estimate of drug-likeness (QED) is 0.906. The number of nitrogens with zero attached hydrogens (tertiary/aromatic N) is 1. The number of nitrogens with one attached hydrogen (secondary N) is 1. The molecule has 0 bridgehead atoms. The lowest BCUT2D eigenvalue weighted by atomic mass is 10.1. The largest absolute Gasteiger partial charge is 0.456 e. The van der Waals surface area contributed by atoms with Gasteiger partial charge < -0.3 is 9.73 Å². The average molecular weight is 332 g/mol. The lowest BCUT2D eigenvalue weighted by Gasteiger charge is -2.01. The van der Waals surface area contributed by atoms with Gasteiger partial charge in [-0.15, -0.1) is 11.3 Å². The molecule has 0 atom stereocenters. The summed E-state index contributed by atoms with van der Waals surface area (Å²) in [6.45, 7) is 3.82. The summed E-state index contributed by atoms with van der Waals surface area (Å²) < 4.78 is 42.8. The van der Waals surface area contributed by atoms with Gasteiger partial charge in [-0.1, -0.05) is 13.8 Å². The van der Waals surface area contributed by atoms with E-state index in [0.717, 1.165) is 34.5 Å². The Bertz CT molecular complexity index is 640. The Morgan fingerprint density at radius 2 is 2.09 bits per heavy atom. The molecule has 22 heavy (non-hydrogen) atoms. The van der Waals surface area contributed by atoms with E-state index in [9.17, 15) is 18.0 Å². The van der Waals surface area contributed by atoms with Gasteiger partial charge in [0.1, 0.15) is 10.8 Å². The number of aromatic nitrogens is 1. The zero-order chi connectivity index (χ0) is 16.3. The standard InChI is InChI=1S/C14H15F3N2O2S/c1-3-8-5-10(21-9(8)4-2)13(20)18-6-12-19-11(7-22-12)14(15,16)17/h5,7H,3-4,6H2,1-2H3,(H,18,20). The van der Waals surface area contributed by atoms with Gasteiger partial charge >= 0.3 is 6.18 Å². The highest BCUT2D eigenvalue weighted by molar-refractivity contribution is 7.09. The molecule has 0 aliphatic heterocycles. The van der Waals surface area contributed by atoms with Crippen LogP contribution in [0.4, 0.5) is 13.2 Å². The number of aryl methyl sites for hydroxylation is 2. The molecule has 1 amide bonds. The summed E-state index contributed by atoms with van der Waals surface area (Å²) in [5, 5.41) is 3.64. The third-order valence-electron chi connectivity index (χ3n) is 3.06. The van der Waals surface area contributed by atoms with E-state index in [0.29, 0.717) is 6.42 Å². The Balaban J connectivity index is 2.01. The summed E-state index contributed by atoms with van der Waals surface area (Å²) in [7, 11) is 0. The smallest absolute Gasteiger partial charge is 0.434 e. The molecule has 1 N–H and O–H groups in total. The molecule has 0 aliphatic rings. The van der Waals surface area contributed by atoms with Gasteiger partial charge in [0.05, 0.1) is 6.54 Å². The molecule has 2 heterocycles. The molecular formula is C14H15F3N2O2S. The zero-order valence-corrected chi connectivity index (χ0v) is 12.9. The first-order valence-electron chi connectivity index (χ1n) is 6.76. The molecule has 120 valence electrons. The van der Waals surface area contributed by atoms with Crippen molar-refractivity contribution in [3.8, 4) is 0 Å². The third kappa shape index (κ3) is 3.68. The van der Waals surface area contributed by atoms with E-state index in [4.69, 9.17) is 4.42 Å². The molecule has 0 fully saturated rings. The summed E-state index contributed by atoms with van der Waals surface area (Å²) in [5.41, 5.74) is 0.0162. The number of rotatable bonds is 5. The Kier molecular flexibility index (Phi) is 4.90. The van der Waals surface area contributed by atoms with Crippen LogP contribution >= 0.6 is 11.3 Å². The van der Waals surface area contributed by atoms with Crippen molar-refractivity contribution >= 4 is 17.2 Å². The molecule has 8 heteroatoms. The van der Waals surface area contributed by atoms with Gasteiger partial charge in [-0.3, -0.25) is 4.79 Å². The Hall–Kier alpha value is -1.83. The highest BCUT2D eigenvalue weighted by atomic mass is 32.1. The molecule has 0 unspecified atom stereocenters. The van der Waals surface area contributed by atoms with Gasteiger partial charge in [0.2, 0.25) is 0 Å². The van der Waals surface area contributed by atoms with Gasteiger partial charge in [-0.25, -0.2) is 4.98 Å². The van der Waals surface area contributed by atoms with Crippen molar-refractivity contribution in [3.05, 3.63) is 39.2 Å². The maximum Gasteiger partial charge on any atom is 0.434 e. The topological polar surface area (TPSA) is 55.1 Å². The van der Waals surface area contributed by atoms with Crippen LogP contribution in [0.1, 0.15) is 46.4 Å². The summed E-state index contributed by atoms with van der Waals surface area (Å²) in [4.78, 5) is 15.4. The first-order valence-corrected chi connectivity index (χ1v) is 7.64. The third-order valence-corrected chi connectivity index (χ3v) is 3.91. The van der Waals surface area contributed by atoms with Crippen molar-refractivity contribution in [2.24, 2.45) is 0 Å². The van der Waals surface area contributed by atoms with Crippen LogP contribution < -0.4 is 5.32 Å². The number of amides is 1. The Labute approximate surface area is 129 Å². The summed E-state index contributed by atoms with van der Waals surface area (Å²) in [6.07, 6.45) is -3.04. The second kappa shape index (κ2) is 6.51. The van der Waals surface area contributed by atoms with Crippen molar-refractivity contribution in [1.82, 2.24) is 10.3 Å². The number of carbonyl (C=O) groups is 1. The van der Waals surface area contributed by atoms with E-state index in [-0.39, 0.29) is 17.3 Å². The van der Waals surface area contributed by atoms with Crippen LogP contribution in [0.15, 0.2) is 15.9 Å². The van der Waals surface area contributed by atoms with Gasteiger partial charge in [-0.2, -0.15) is 13.2 Å². The first kappa shape index (κ1) is 16.5. The van der Waals surface area contributed by atoms with Crippen molar-refractivity contribution in [1.29, 1.82) is 0 Å². The normalized spacial score (nSPS) is 11.7. The molecule has 4 nitrogen and oxygen atoms in total. The minimum absolute atomic E-state index is 0.0663. The Morgan fingerprint density at radius 3 is 2.59 bits per heavy atom.